The Morgan fingerprint density at radius 3 is 1.80 bits per heavy atom. The van der Waals surface area contributed by atoms with Gasteiger partial charge in [0.15, 0.2) is 0 Å². The van der Waals surface area contributed by atoms with E-state index in [0.717, 1.165) is 25.7 Å². The van der Waals surface area contributed by atoms with Gasteiger partial charge >= 0.3 is 5.97 Å². The van der Waals surface area contributed by atoms with E-state index in [2.05, 4.69) is 6.58 Å². The molecule has 0 heterocycles. The lowest BCUT2D eigenvalue weighted by molar-refractivity contribution is -0.142. The Hall–Kier alpha value is -0.713. The van der Waals surface area contributed by atoms with Crippen LogP contribution in [0.1, 0.15) is 90.4 Å². The molecule has 0 aromatic heterocycles. The van der Waals surface area contributed by atoms with E-state index in [9.17, 15) is 13.6 Å². The lowest BCUT2D eigenvalue weighted by Gasteiger charge is -2.11. The Kier molecular flexibility index (Phi) is 17.6. The molecule has 1 atom stereocenters. The van der Waals surface area contributed by atoms with Crippen molar-refractivity contribution in [2.45, 2.75) is 109 Å². The Morgan fingerprint density at radius 2 is 1.36 bits per heavy atom. The van der Waals surface area contributed by atoms with Crippen LogP contribution in [0.15, 0.2) is 12.7 Å². The van der Waals surface area contributed by atoms with Gasteiger partial charge in [-0.2, -0.15) is 0 Å². The van der Waals surface area contributed by atoms with Crippen molar-refractivity contribution in [3.05, 3.63) is 12.7 Å². The molecule has 0 saturated carbocycles. The van der Waals surface area contributed by atoms with E-state index in [4.69, 9.17) is 4.74 Å². The number of alkyl halides is 2. The summed E-state index contributed by atoms with van der Waals surface area (Å²) in [6, 6.07) is -1.40. The highest BCUT2D eigenvalue weighted by molar-refractivity contribution is 6.36. The summed E-state index contributed by atoms with van der Waals surface area (Å²) in [4.78, 5) is 11.0. The van der Waals surface area contributed by atoms with Crippen LogP contribution < -0.4 is 0 Å². The third-order valence-corrected chi connectivity index (χ3v) is 5.27. The number of carbonyl (C=O) groups excluding carboxylic acids is 1. The van der Waals surface area contributed by atoms with E-state index in [-0.39, 0.29) is 21.6 Å². The maximum Gasteiger partial charge on any atom is 0.330 e. The van der Waals surface area contributed by atoms with E-state index in [0.29, 0.717) is 6.04 Å². The Bertz CT molecular complexity index is 325. The van der Waals surface area contributed by atoms with Crippen LogP contribution in [0.3, 0.4) is 0 Å². The van der Waals surface area contributed by atoms with Gasteiger partial charge in [-0.3, -0.25) is 0 Å². The third kappa shape index (κ3) is 19.5. The predicted octanol–water partition coefficient (Wildman–Crippen LogP) is 6.52. The highest BCUT2D eigenvalue weighted by Gasteiger charge is 2.05. The first kappa shape index (κ1) is 24.3. The zero-order valence-electron chi connectivity index (χ0n) is 15.9. The van der Waals surface area contributed by atoms with Gasteiger partial charge in [0.2, 0.25) is 6.05 Å². The Morgan fingerprint density at radius 1 is 0.920 bits per heavy atom. The summed E-state index contributed by atoms with van der Waals surface area (Å²) in [5.41, 5.74) is 0. The van der Waals surface area contributed by atoms with Gasteiger partial charge in [0.25, 0.3) is 0 Å². The lowest BCUT2D eigenvalue weighted by Crippen LogP contribution is -2.12. The number of hydrogen-bond acceptors (Lipinski definition) is 2. The molecule has 0 fully saturated rings. The van der Waals surface area contributed by atoms with Gasteiger partial charge in [0, 0.05) is 6.08 Å². The maximum absolute atomic E-state index is 12.0. The van der Waals surface area contributed by atoms with Gasteiger partial charge in [-0.1, -0.05) is 83.3 Å². The molecule has 1 unspecified atom stereocenters. The molecule has 0 bridgehead atoms. The predicted molar refractivity (Wildman–Crippen MR) is 102 cm³/mol. The molecule has 0 aromatic rings. The molecule has 2 radical (unpaired) electrons. The lowest BCUT2D eigenvalue weighted by atomic mass is 10.0. The molecule has 0 rings (SSSR count). The number of unbranched alkanes of at least 4 members (excludes halogenated alkanes) is 11. The smallest absolute Gasteiger partial charge is 0.330 e. The number of hydrogen-bond donors (Lipinski definition) is 0. The van der Waals surface area contributed by atoms with E-state index < -0.39 is 6.05 Å². The number of esters is 1. The zero-order chi connectivity index (χ0) is 18.8. The SMILES string of the molecule is C=CC(=O)OC(C)CCCCCCCCCCCCCC[Si]C(F)F. The quantitative estimate of drug-likeness (QED) is 0.118. The van der Waals surface area contributed by atoms with E-state index in [1.54, 1.807) is 0 Å². The molecule has 0 aliphatic carbocycles. The summed E-state index contributed by atoms with van der Waals surface area (Å²) in [6.45, 7) is 5.32. The third-order valence-electron chi connectivity index (χ3n) is 4.32. The molecule has 2 nitrogen and oxygen atoms in total. The molecule has 0 aliphatic rings. The molecule has 25 heavy (non-hydrogen) atoms. The first-order valence-electron chi connectivity index (χ1n) is 9.91. The van der Waals surface area contributed by atoms with Crippen molar-refractivity contribution in [2.75, 3.05) is 0 Å². The molecule has 0 saturated heterocycles. The van der Waals surface area contributed by atoms with Crippen LogP contribution in [-0.2, 0) is 9.53 Å². The van der Waals surface area contributed by atoms with E-state index in [1.807, 2.05) is 6.92 Å². The topological polar surface area (TPSA) is 26.3 Å². The average molecular weight is 375 g/mol. The minimum Gasteiger partial charge on any atom is -0.460 e. The van der Waals surface area contributed by atoms with Crippen molar-refractivity contribution in [1.82, 2.24) is 0 Å². The molecule has 0 aliphatic heterocycles. The second-order valence-corrected chi connectivity index (χ2v) is 8.08. The van der Waals surface area contributed by atoms with Crippen LogP contribution in [0.25, 0.3) is 0 Å². The van der Waals surface area contributed by atoms with Gasteiger partial charge in [0.1, 0.15) is 9.52 Å². The molecule has 0 N–H and O–H groups in total. The average Bonchev–Trinajstić information content (AvgIpc) is 2.57. The minimum atomic E-state index is -2.10. The molecule has 0 amide bonds. The van der Waals surface area contributed by atoms with Crippen molar-refractivity contribution in [3.8, 4) is 0 Å². The summed E-state index contributed by atoms with van der Waals surface area (Å²) in [6.07, 6.45) is 16.7. The van der Waals surface area contributed by atoms with Crippen molar-refractivity contribution in [3.63, 3.8) is 0 Å². The van der Waals surface area contributed by atoms with Crippen LogP contribution in [0.2, 0.25) is 6.04 Å². The summed E-state index contributed by atoms with van der Waals surface area (Å²) in [7, 11) is -0.162. The molecule has 0 spiro atoms. The van der Waals surface area contributed by atoms with Crippen molar-refractivity contribution in [2.24, 2.45) is 0 Å². The van der Waals surface area contributed by atoms with Gasteiger partial charge < -0.3 is 4.74 Å². The molecular weight excluding hydrogens is 338 g/mol. The van der Waals surface area contributed by atoms with Gasteiger partial charge in [0.05, 0.1) is 6.10 Å². The Balaban J connectivity index is 3.14. The number of ether oxygens (including phenoxy) is 1. The minimum absolute atomic E-state index is 0.0126. The molecular formula is C20H36F2O2Si. The largest absolute Gasteiger partial charge is 0.460 e. The maximum atomic E-state index is 12.0. The van der Waals surface area contributed by atoms with Crippen LogP contribution in [0.4, 0.5) is 8.78 Å². The zero-order valence-corrected chi connectivity index (χ0v) is 16.9. The fourth-order valence-corrected chi connectivity index (χ4v) is 3.51. The van der Waals surface area contributed by atoms with Crippen molar-refractivity contribution in [1.29, 1.82) is 0 Å². The monoisotopic (exact) mass is 374 g/mol. The first-order valence-corrected chi connectivity index (χ1v) is 11.2. The highest BCUT2D eigenvalue weighted by Crippen LogP contribution is 2.14. The summed E-state index contributed by atoms with van der Waals surface area (Å²) < 4.78 is 29.1. The first-order chi connectivity index (χ1) is 12.1. The number of rotatable bonds is 18. The van der Waals surface area contributed by atoms with Crippen LogP contribution >= 0.6 is 0 Å². The highest BCUT2D eigenvalue weighted by atomic mass is 28.2. The summed E-state index contributed by atoms with van der Waals surface area (Å²) in [5, 5.41) is 0. The van der Waals surface area contributed by atoms with Crippen LogP contribution in [0.5, 0.6) is 0 Å². The normalized spacial score (nSPS) is 12.3. The van der Waals surface area contributed by atoms with Crippen LogP contribution in [-0.4, -0.2) is 27.6 Å². The second kappa shape index (κ2) is 18.1. The Labute approximate surface area is 155 Å². The summed E-state index contributed by atoms with van der Waals surface area (Å²) >= 11 is 0. The van der Waals surface area contributed by atoms with Crippen molar-refractivity contribution >= 4 is 15.5 Å². The molecule has 0 aromatic carbocycles. The van der Waals surface area contributed by atoms with Gasteiger partial charge in [-0.25, -0.2) is 13.6 Å². The number of carbonyl (C=O) groups is 1. The fraction of sp³-hybridized carbons (Fsp3) is 0.850. The summed E-state index contributed by atoms with van der Waals surface area (Å²) in [5.74, 6) is -0.332. The standard InChI is InChI=1S/C20H36F2O2Si/c1-3-19(23)24-18(2)16-14-12-10-8-6-4-5-7-9-11-13-15-17-25-20(21)22/h3,18,20H,1,4-17H2,2H3. The van der Waals surface area contributed by atoms with Gasteiger partial charge in [-0.15, -0.1) is 0 Å². The second-order valence-electron chi connectivity index (χ2n) is 6.74. The van der Waals surface area contributed by atoms with Crippen LogP contribution in [0, 0.1) is 0 Å². The van der Waals surface area contributed by atoms with Crippen molar-refractivity contribution < 1.29 is 18.3 Å². The number of halogens is 2. The van der Waals surface area contributed by atoms with E-state index >= 15 is 0 Å². The molecule has 5 heteroatoms. The van der Waals surface area contributed by atoms with E-state index in [1.165, 1.54) is 63.9 Å². The fourth-order valence-electron chi connectivity index (χ4n) is 2.84. The molecule has 146 valence electrons. The van der Waals surface area contributed by atoms with Gasteiger partial charge in [-0.05, 0) is 19.8 Å².